The molecule has 1 unspecified atom stereocenters. The van der Waals surface area contributed by atoms with Gasteiger partial charge in [0.15, 0.2) is 0 Å². The van der Waals surface area contributed by atoms with Crippen molar-refractivity contribution in [3.63, 3.8) is 0 Å². The molecule has 6 rings (SSSR count). The summed E-state index contributed by atoms with van der Waals surface area (Å²) in [6.45, 7) is 0.0224. The molecule has 43 heavy (non-hydrogen) atoms. The van der Waals surface area contributed by atoms with Crippen LogP contribution in [-0.4, -0.2) is 60.0 Å². The van der Waals surface area contributed by atoms with Crippen molar-refractivity contribution in [1.82, 2.24) is 10.2 Å². The predicted octanol–water partition coefficient (Wildman–Crippen LogP) is 5.73. The van der Waals surface area contributed by atoms with Crippen molar-refractivity contribution in [3.05, 3.63) is 108 Å². The van der Waals surface area contributed by atoms with E-state index in [9.17, 15) is 19.5 Å². The van der Waals surface area contributed by atoms with E-state index in [2.05, 4.69) is 17.4 Å². The van der Waals surface area contributed by atoms with Crippen molar-refractivity contribution in [3.8, 4) is 11.1 Å². The average Bonchev–Trinajstić information content (AvgIpc) is 3.36. The molecular formula is C35H34N2O6. The van der Waals surface area contributed by atoms with Crippen LogP contribution >= 0.6 is 0 Å². The van der Waals surface area contributed by atoms with Gasteiger partial charge in [0.25, 0.3) is 0 Å². The van der Waals surface area contributed by atoms with Crippen LogP contribution in [0, 0.1) is 0 Å². The topological polar surface area (TPSA) is 105 Å². The first kappa shape index (κ1) is 28.4. The highest BCUT2D eigenvalue weighted by atomic mass is 16.5. The van der Waals surface area contributed by atoms with Crippen molar-refractivity contribution in [2.45, 2.75) is 43.9 Å². The molecule has 8 heteroatoms. The van der Waals surface area contributed by atoms with Crippen molar-refractivity contribution >= 4 is 28.7 Å². The Hall–Kier alpha value is -4.69. The lowest BCUT2D eigenvalue weighted by Gasteiger charge is -2.35. The van der Waals surface area contributed by atoms with Crippen LogP contribution in [0.1, 0.15) is 41.9 Å². The molecule has 0 spiro atoms. The highest BCUT2D eigenvalue weighted by molar-refractivity contribution is 5.89. The average molecular weight is 579 g/mol. The van der Waals surface area contributed by atoms with E-state index in [0.717, 1.165) is 51.4 Å². The van der Waals surface area contributed by atoms with Gasteiger partial charge in [0.2, 0.25) is 5.91 Å². The lowest BCUT2D eigenvalue weighted by atomic mass is 9.98. The number of rotatable bonds is 9. The van der Waals surface area contributed by atoms with Crippen LogP contribution in [0.15, 0.2) is 91.0 Å². The third-order valence-electron chi connectivity index (χ3n) is 8.28. The summed E-state index contributed by atoms with van der Waals surface area (Å²) in [6.07, 6.45) is 0.970. The van der Waals surface area contributed by atoms with Crippen molar-refractivity contribution in [1.29, 1.82) is 0 Å². The molecule has 4 aromatic rings. The fourth-order valence-corrected chi connectivity index (χ4v) is 6.22. The number of nitrogens with one attached hydrogen (secondary N) is 1. The molecule has 0 saturated carbocycles. The van der Waals surface area contributed by atoms with E-state index in [1.165, 1.54) is 4.90 Å². The summed E-state index contributed by atoms with van der Waals surface area (Å²) in [7, 11) is 0. The quantitative estimate of drug-likeness (QED) is 0.263. The van der Waals surface area contributed by atoms with E-state index < -0.39 is 36.8 Å². The summed E-state index contributed by atoms with van der Waals surface area (Å²) in [5.74, 6) is -1.80. The third kappa shape index (κ3) is 6.24. The maximum absolute atomic E-state index is 14.0. The largest absolute Gasteiger partial charge is 0.480 e. The summed E-state index contributed by atoms with van der Waals surface area (Å²) in [4.78, 5) is 40.3. The first-order valence-electron chi connectivity index (χ1n) is 14.7. The van der Waals surface area contributed by atoms with Gasteiger partial charge in [-0.25, -0.2) is 4.79 Å². The lowest BCUT2D eigenvalue weighted by molar-refractivity contribution is -0.161. The highest BCUT2D eigenvalue weighted by Gasteiger charge is 2.35. The number of carbonyl (C=O) groups excluding carboxylic acids is 2. The predicted molar refractivity (Wildman–Crippen MR) is 163 cm³/mol. The van der Waals surface area contributed by atoms with Crippen LogP contribution in [0.25, 0.3) is 21.9 Å². The monoisotopic (exact) mass is 578 g/mol. The van der Waals surface area contributed by atoms with Crippen LogP contribution in [-0.2, 0) is 25.5 Å². The molecule has 8 nitrogen and oxygen atoms in total. The summed E-state index contributed by atoms with van der Waals surface area (Å²) in [5.41, 5.74) is 5.24. The Kier molecular flexibility index (Phi) is 8.38. The zero-order chi connectivity index (χ0) is 29.8. The van der Waals surface area contributed by atoms with E-state index in [1.54, 1.807) is 0 Å². The van der Waals surface area contributed by atoms with E-state index in [4.69, 9.17) is 9.47 Å². The summed E-state index contributed by atoms with van der Waals surface area (Å²) >= 11 is 0. The van der Waals surface area contributed by atoms with Gasteiger partial charge in [-0.15, -0.1) is 0 Å². The molecular weight excluding hydrogens is 544 g/mol. The summed E-state index contributed by atoms with van der Waals surface area (Å²) in [6, 6.07) is 28.9. The Bertz CT molecular complexity index is 1600. The molecule has 1 fully saturated rings. The SMILES string of the molecule is O=C(O)CN(C(=O)[C@H](Cc1ccc2ccccc2c1)NC(=O)OCC1c2ccccc2-c2ccccc21)C1CCCCO1. The molecule has 0 bridgehead atoms. The second-order valence-electron chi connectivity index (χ2n) is 11.1. The minimum absolute atomic E-state index is 0.0985. The molecule has 220 valence electrons. The molecule has 1 saturated heterocycles. The van der Waals surface area contributed by atoms with Gasteiger partial charge in [0, 0.05) is 18.9 Å². The fraction of sp³-hybridized carbons (Fsp3) is 0.286. The standard InChI is InChI=1S/C35H34N2O6/c38-33(39)21-37(32-15-7-8-18-42-32)34(40)31(20-23-16-17-24-9-1-2-10-25(24)19-23)36-35(41)43-22-30-28-13-5-3-11-26(28)27-12-4-6-14-29(27)30/h1-6,9-14,16-17,19,30-32H,7-8,15,18,20-22H2,(H,36,41)(H,38,39)/t31-,32?/m0/s1. The number of carbonyl (C=O) groups is 3. The number of alkyl carbamates (subject to hydrolysis) is 1. The first-order chi connectivity index (χ1) is 21.0. The molecule has 4 aromatic carbocycles. The zero-order valence-electron chi connectivity index (χ0n) is 23.8. The summed E-state index contributed by atoms with van der Waals surface area (Å²) in [5, 5.41) is 14.5. The summed E-state index contributed by atoms with van der Waals surface area (Å²) < 4.78 is 11.6. The number of ether oxygens (including phenoxy) is 2. The Balaban J connectivity index is 1.23. The molecule has 2 atom stereocenters. The van der Waals surface area contributed by atoms with Gasteiger partial charge >= 0.3 is 12.1 Å². The molecule has 2 aliphatic rings. The molecule has 0 aromatic heterocycles. The second-order valence-corrected chi connectivity index (χ2v) is 11.1. The van der Waals surface area contributed by atoms with Gasteiger partial charge < -0.3 is 24.8 Å². The number of amides is 2. The van der Waals surface area contributed by atoms with Crippen molar-refractivity contribution in [2.75, 3.05) is 19.8 Å². The van der Waals surface area contributed by atoms with Gasteiger partial charge in [0.05, 0.1) is 0 Å². The van der Waals surface area contributed by atoms with E-state index in [0.29, 0.717) is 13.0 Å². The third-order valence-corrected chi connectivity index (χ3v) is 8.28. The smallest absolute Gasteiger partial charge is 0.407 e. The number of hydrogen-bond donors (Lipinski definition) is 2. The van der Waals surface area contributed by atoms with Crippen molar-refractivity contribution < 1.29 is 29.0 Å². The first-order valence-corrected chi connectivity index (χ1v) is 14.7. The number of carboxylic acid groups (broad SMARTS) is 1. The fourth-order valence-electron chi connectivity index (χ4n) is 6.22. The van der Waals surface area contributed by atoms with Gasteiger partial charge in [0.1, 0.15) is 25.4 Å². The van der Waals surface area contributed by atoms with E-state index in [-0.39, 0.29) is 18.9 Å². The maximum Gasteiger partial charge on any atom is 0.407 e. The number of aliphatic carboxylic acids is 1. The maximum atomic E-state index is 14.0. The molecule has 0 radical (unpaired) electrons. The van der Waals surface area contributed by atoms with Gasteiger partial charge in [-0.1, -0.05) is 91.0 Å². The van der Waals surface area contributed by atoms with E-state index >= 15 is 0 Å². The van der Waals surface area contributed by atoms with Crippen LogP contribution in [0.4, 0.5) is 4.79 Å². The zero-order valence-corrected chi connectivity index (χ0v) is 23.8. The molecule has 2 N–H and O–H groups in total. The number of hydrogen-bond acceptors (Lipinski definition) is 5. The van der Waals surface area contributed by atoms with Crippen LogP contribution in [0.3, 0.4) is 0 Å². The number of fused-ring (bicyclic) bond motifs is 4. The van der Waals surface area contributed by atoms with Gasteiger partial charge in [-0.3, -0.25) is 9.59 Å². The van der Waals surface area contributed by atoms with Crippen LogP contribution < -0.4 is 5.32 Å². The normalized spacial score (nSPS) is 16.6. The Morgan fingerprint density at radius 2 is 1.56 bits per heavy atom. The lowest BCUT2D eigenvalue weighted by Crippen LogP contribution is -2.55. The molecule has 1 heterocycles. The van der Waals surface area contributed by atoms with Gasteiger partial charge in [-0.2, -0.15) is 0 Å². The Morgan fingerprint density at radius 3 is 2.23 bits per heavy atom. The molecule has 1 aliphatic heterocycles. The number of benzene rings is 4. The Morgan fingerprint density at radius 1 is 0.884 bits per heavy atom. The van der Waals surface area contributed by atoms with Crippen LogP contribution in [0.5, 0.6) is 0 Å². The van der Waals surface area contributed by atoms with Crippen molar-refractivity contribution in [2.24, 2.45) is 0 Å². The minimum atomic E-state index is -1.15. The second kappa shape index (κ2) is 12.7. The Labute approximate surface area is 250 Å². The number of nitrogens with zero attached hydrogens (tertiary/aromatic N) is 1. The van der Waals surface area contributed by atoms with Gasteiger partial charge in [-0.05, 0) is 57.9 Å². The molecule has 2 amide bonds. The number of carboxylic acids is 1. The minimum Gasteiger partial charge on any atom is -0.480 e. The van der Waals surface area contributed by atoms with Crippen LogP contribution in [0.2, 0.25) is 0 Å². The molecule has 1 aliphatic carbocycles. The highest BCUT2D eigenvalue weighted by Crippen LogP contribution is 2.44. The van der Waals surface area contributed by atoms with E-state index in [1.807, 2.05) is 78.9 Å².